The number of esters is 2. The van der Waals surface area contributed by atoms with Gasteiger partial charge in [-0.05, 0) is 19.3 Å². The first-order chi connectivity index (χ1) is 9.04. The zero-order chi connectivity index (χ0) is 13.7. The van der Waals surface area contributed by atoms with Gasteiger partial charge in [0.15, 0.2) is 0 Å². The van der Waals surface area contributed by atoms with Crippen molar-refractivity contribution in [2.45, 2.75) is 19.4 Å². The number of rotatable bonds is 3. The molecule has 2 bridgehead atoms. The van der Waals surface area contributed by atoms with Crippen molar-refractivity contribution in [3.63, 3.8) is 0 Å². The molecule has 6 unspecified atom stereocenters. The van der Waals surface area contributed by atoms with E-state index in [0.717, 1.165) is 6.42 Å². The minimum atomic E-state index is -0.419. The molecule has 0 aromatic rings. The van der Waals surface area contributed by atoms with Gasteiger partial charge in [0, 0.05) is 29.9 Å². The van der Waals surface area contributed by atoms with Crippen LogP contribution in [-0.2, 0) is 19.1 Å². The third-order valence-corrected chi connectivity index (χ3v) is 4.90. The van der Waals surface area contributed by atoms with Gasteiger partial charge in [0.2, 0.25) is 0 Å². The van der Waals surface area contributed by atoms with Gasteiger partial charge in [-0.1, -0.05) is 6.58 Å². The van der Waals surface area contributed by atoms with Crippen molar-refractivity contribution >= 4 is 11.9 Å². The summed E-state index contributed by atoms with van der Waals surface area (Å²) in [5.41, 5.74) is 0.356. The van der Waals surface area contributed by atoms with Crippen LogP contribution in [0, 0.1) is 29.6 Å². The van der Waals surface area contributed by atoms with E-state index in [1.54, 1.807) is 6.92 Å². The lowest BCUT2D eigenvalue weighted by molar-refractivity contribution is -0.153. The highest BCUT2D eigenvalue weighted by atomic mass is 16.6. The first-order valence-corrected chi connectivity index (χ1v) is 6.68. The van der Waals surface area contributed by atoms with E-state index in [1.165, 1.54) is 0 Å². The number of cyclic esters (lactones) is 1. The van der Waals surface area contributed by atoms with Gasteiger partial charge in [-0.15, -0.1) is 0 Å². The molecule has 1 N–H and O–H groups in total. The number of aliphatic hydroxyl groups is 1. The van der Waals surface area contributed by atoms with E-state index in [-0.39, 0.29) is 48.3 Å². The van der Waals surface area contributed by atoms with Crippen LogP contribution < -0.4 is 0 Å². The van der Waals surface area contributed by atoms with E-state index in [0.29, 0.717) is 12.2 Å². The standard InChI is InChI=1S/C14H18O5/c1-6(2)13(16)19-12-8-3-7(9(12)4-15)11-10(8)5-18-14(11)17/h7-12,15H,1,3-5H2,2H3. The molecule has 3 aliphatic rings. The predicted octanol–water partition coefficient (Wildman–Crippen LogP) is 0.522. The largest absolute Gasteiger partial charge is 0.465 e. The molecule has 3 rings (SSSR count). The average Bonchev–Trinajstić information content (AvgIpc) is 3.00. The fourth-order valence-corrected chi connectivity index (χ4v) is 4.09. The maximum Gasteiger partial charge on any atom is 0.333 e. The molecule has 0 radical (unpaired) electrons. The van der Waals surface area contributed by atoms with Crippen molar-refractivity contribution in [2.75, 3.05) is 13.2 Å². The van der Waals surface area contributed by atoms with Gasteiger partial charge in [0.05, 0.1) is 12.5 Å². The minimum absolute atomic E-state index is 0.0637. The zero-order valence-corrected chi connectivity index (χ0v) is 10.9. The van der Waals surface area contributed by atoms with Crippen LogP contribution >= 0.6 is 0 Å². The van der Waals surface area contributed by atoms with Gasteiger partial charge in [-0.2, -0.15) is 0 Å². The molecular formula is C14H18O5. The summed E-state index contributed by atoms with van der Waals surface area (Å²) in [5, 5.41) is 9.55. The molecule has 2 saturated carbocycles. The maximum atomic E-state index is 11.7. The third-order valence-electron chi connectivity index (χ3n) is 4.90. The molecule has 1 saturated heterocycles. The monoisotopic (exact) mass is 266 g/mol. The number of carbonyl (C=O) groups is 2. The Labute approximate surface area is 111 Å². The Morgan fingerprint density at radius 2 is 2.21 bits per heavy atom. The molecule has 2 aliphatic carbocycles. The molecule has 0 amide bonds. The molecular weight excluding hydrogens is 248 g/mol. The summed E-state index contributed by atoms with van der Waals surface area (Å²) in [6.45, 7) is 5.54. The smallest absolute Gasteiger partial charge is 0.333 e. The summed E-state index contributed by atoms with van der Waals surface area (Å²) in [4.78, 5) is 23.4. The lowest BCUT2D eigenvalue weighted by atomic mass is 9.74. The molecule has 104 valence electrons. The first kappa shape index (κ1) is 12.7. The Balaban J connectivity index is 1.81. The Morgan fingerprint density at radius 1 is 1.47 bits per heavy atom. The number of ether oxygens (including phenoxy) is 2. The summed E-state index contributed by atoms with van der Waals surface area (Å²) < 4.78 is 10.6. The normalized spacial score (nSPS) is 42.9. The topological polar surface area (TPSA) is 72.8 Å². The summed E-state index contributed by atoms with van der Waals surface area (Å²) in [5.74, 6) is -0.483. The fourth-order valence-electron chi connectivity index (χ4n) is 4.09. The number of hydrogen-bond acceptors (Lipinski definition) is 5. The number of hydrogen-bond donors (Lipinski definition) is 1. The Kier molecular flexibility index (Phi) is 2.89. The summed E-state index contributed by atoms with van der Waals surface area (Å²) in [6.07, 6.45) is 0.527. The number of carbonyl (C=O) groups excluding carboxylic acids is 2. The minimum Gasteiger partial charge on any atom is -0.465 e. The van der Waals surface area contributed by atoms with Crippen LogP contribution in [0.25, 0.3) is 0 Å². The van der Waals surface area contributed by atoms with Gasteiger partial charge in [-0.25, -0.2) is 4.79 Å². The van der Waals surface area contributed by atoms with E-state index in [9.17, 15) is 14.7 Å². The SMILES string of the molecule is C=C(C)C(=O)OC1C2CC(C1CO)C1C(=O)OCC21. The quantitative estimate of drug-likeness (QED) is 0.595. The van der Waals surface area contributed by atoms with Crippen molar-refractivity contribution in [2.24, 2.45) is 29.6 Å². The van der Waals surface area contributed by atoms with Gasteiger partial charge in [0.25, 0.3) is 0 Å². The Bertz CT molecular complexity index is 443. The molecule has 19 heavy (non-hydrogen) atoms. The van der Waals surface area contributed by atoms with Gasteiger partial charge in [-0.3, -0.25) is 4.79 Å². The van der Waals surface area contributed by atoms with Gasteiger partial charge in [0.1, 0.15) is 6.10 Å². The zero-order valence-electron chi connectivity index (χ0n) is 10.9. The van der Waals surface area contributed by atoms with Gasteiger partial charge >= 0.3 is 11.9 Å². The predicted molar refractivity (Wildman–Crippen MR) is 64.8 cm³/mol. The molecule has 0 aromatic carbocycles. The molecule has 0 aromatic heterocycles. The Morgan fingerprint density at radius 3 is 2.84 bits per heavy atom. The van der Waals surface area contributed by atoms with Crippen molar-refractivity contribution in [3.05, 3.63) is 12.2 Å². The third kappa shape index (κ3) is 1.71. The number of fused-ring (bicyclic) bond motifs is 5. The second-order valence-corrected chi connectivity index (χ2v) is 5.88. The summed E-state index contributed by atoms with van der Waals surface area (Å²) in [7, 11) is 0. The number of aliphatic hydroxyl groups excluding tert-OH is 1. The lowest BCUT2D eigenvalue weighted by Crippen LogP contribution is -2.43. The molecule has 3 fully saturated rings. The molecule has 5 heteroatoms. The highest BCUT2D eigenvalue weighted by molar-refractivity contribution is 5.87. The van der Waals surface area contributed by atoms with E-state index in [2.05, 4.69) is 6.58 Å². The van der Waals surface area contributed by atoms with E-state index < -0.39 is 5.97 Å². The van der Waals surface area contributed by atoms with E-state index in [1.807, 2.05) is 0 Å². The molecule has 1 heterocycles. The van der Waals surface area contributed by atoms with Crippen molar-refractivity contribution < 1.29 is 24.2 Å². The highest BCUT2D eigenvalue weighted by Gasteiger charge is 2.64. The van der Waals surface area contributed by atoms with Crippen LogP contribution in [-0.4, -0.2) is 36.4 Å². The van der Waals surface area contributed by atoms with Gasteiger partial charge < -0.3 is 14.6 Å². The van der Waals surface area contributed by atoms with Crippen LogP contribution in [0.15, 0.2) is 12.2 Å². The molecule has 0 spiro atoms. The van der Waals surface area contributed by atoms with Crippen LogP contribution in [0.2, 0.25) is 0 Å². The van der Waals surface area contributed by atoms with Crippen LogP contribution in [0.4, 0.5) is 0 Å². The van der Waals surface area contributed by atoms with Crippen molar-refractivity contribution in [1.29, 1.82) is 0 Å². The lowest BCUT2D eigenvalue weighted by Gasteiger charge is -2.34. The fraction of sp³-hybridized carbons (Fsp3) is 0.714. The molecule has 5 nitrogen and oxygen atoms in total. The Hall–Kier alpha value is -1.36. The molecule has 1 aliphatic heterocycles. The second-order valence-electron chi connectivity index (χ2n) is 5.88. The maximum absolute atomic E-state index is 11.7. The first-order valence-electron chi connectivity index (χ1n) is 6.68. The van der Waals surface area contributed by atoms with Crippen LogP contribution in [0.3, 0.4) is 0 Å². The highest BCUT2D eigenvalue weighted by Crippen LogP contribution is 2.58. The van der Waals surface area contributed by atoms with E-state index >= 15 is 0 Å². The second kappa shape index (κ2) is 4.34. The summed E-state index contributed by atoms with van der Waals surface area (Å²) in [6, 6.07) is 0. The van der Waals surface area contributed by atoms with Crippen LogP contribution in [0.1, 0.15) is 13.3 Å². The summed E-state index contributed by atoms with van der Waals surface area (Å²) >= 11 is 0. The van der Waals surface area contributed by atoms with Crippen molar-refractivity contribution in [3.8, 4) is 0 Å². The van der Waals surface area contributed by atoms with Crippen molar-refractivity contribution in [1.82, 2.24) is 0 Å². The van der Waals surface area contributed by atoms with E-state index in [4.69, 9.17) is 9.47 Å². The average molecular weight is 266 g/mol. The molecule has 6 atom stereocenters. The van der Waals surface area contributed by atoms with Crippen LogP contribution in [0.5, 0.6) is 0 Å².